The fraction of sp³-hybridized carbons (Fsp3) is 0.524. The van der Waals surface area contributed by atoms with Crippen LogP contribution >= 0.6 is 0 Å². The molecule has 1 aromatic rings. The molecule has 0 spiro atoms. The molecule has 1 aromatic carbocycles. The lowest BCUT2D eigenvalue weighted by Gasteiger charge is -2.41. The number of rotatable bonds is 5. The van der Waals surface area contributed by atoms with Crippen molar-refractivity contribution in [2.75, 3.05) is 27.9 Å². The van der Waals surface area contributed by atoms with Crippen LogP contribution in [0.1, 0.15) is 19.4 Å². The smallest absolute Gasteiger partial charge is 0.314 e. The van der Waals surface area contributed by atoms with Gasteiger partial charge in [0.1, 0.15) is 17.5 Å². The van der Waals surface area contributed by atoms with Crippen molar-refractivity contribution in [3.8, 4) is 5.75 Å². The average Bonchev–Trinajstić information content (AvgIpc) is 2.98. The van der Waals surface area contributed by atoms with E-state index in [-0.39, 0.29) is 18.5 Å². The Kier molecular flexibility index (Phi) is 5.50. The first-order chi connectivity index (χ1) is 13.3. The zero-order valence-corrected chi connectivity index (χ0v) is 16.8. The van der Waals surface area contributed by atoms with Crippen molar-refractivity contribution in [3.63, 3.8) is 0 Å². The van der Waals surface area contributed by atoms with Crippen molar-refractivity contribution in [2.24, 2.45) is 11.8 Å². The van der Waals surface area contributed by atoms with Gasteiger partial charge in [-0.15, -0.1) is 0 Å². The second-order valence-electron chi connectivity index (χ2n) is 7.54. The van der Waals surface area contributed by atoms with Crippen molar-refractivity contribution in [1.82, 2.24) is 4.90 Å². The first-order valence-electron chi connectivity index (χ1n) is 9.28. The summed E-state index contributed by atoms with van der Waals surface area (Å²) in [4.78, 5) is 27.6. The molecule has 1 N–H and O–H groups in total. The number of likely N-dealkylation sites (tertiary alicyclic amines) is 1. The highest BCUT2D eigenvalue weighted by Crippen LogP contribution is 2.48. The molecule has 1 saturated heterocycles. The Morgan fingerprint density at radius 1 is 1.21 bits per heavy atom. The number of nitrogens with zero attached hydrogens (tertiary/aromatic N) is 1. The van der Waals surface area contributed by atoms with E-state index < -0.39 is 29.5 Å². The molecule has 152 valence electrons. The van der Waals surface area contributed by atoms with Gasteiger partial charge < -0.3 is 24.2 Å². The third kappa shape index (κ3) is 3.08. The van der Waals surface area contributed by atoms with Crippen LogP contribution in [0.3, 0.4) is 0 Å². The summed E-state index contributed by atoms with van der Waals surface area (Å²) in [5, 5.41) is 11.5. The second kappa shape index (κ2) is 7.56. The van der Waals surface area contributed by atoms with Gasteiger partial charge in [0.05, 0.1) is 32.6 Å². The molecule has 4 unspecified atom stereocenters. The highest BCUT2D eigenvalue weighted by atomic mass is 16.5. The molecule has 0 radical (unpaired) electrons. The van der Waals surface area contributed by atoms with E-state index in [0.29, 0.717) is 11.3 Å². The molecule has 1 aliphatic carbocycles. The fourth-order valence-corrected chi connectivity index (χ4v) is 4.29. The number of aliphatic hydroxyl groups is 1. The number of amides is 1. The van der Waals surface area contributed by atoms with Gasteiger partial charge in [0.2, 0.25) is 5.91 Å². The molecule has 2 aliphatic rings. The molecule has 28 heavy (non-hydrogen) atoms. The number of carbonyl (C=O) groups is 2. The first kappa shape index (κ1) is 20.4. The number of β-amino-alcohol motifs (C(OH)–C–C–N with tert-alkyl or cyclic N) is 1. The van der Waals surface area contributed by atoms with E-state index in [2.05, 4.69) is 0 Å². The predicted octanol–water partition coefficient (Wildman–Crippen LogP) is 1.49. The highest BCUT2D eigenvalue weighted by molar-refractivity contribution is 5.98. The van der Waals surface area contributed by atoms with Gasteiger partial charge in [-0.3, -0.25) is 9.59 Å². The van der Waals surface area contributed by atoms with Gasteiger partial charge in [-0.25, -0.2) is 0 Å². The van der Waals surface area contributed by atoms with Gasteiger partial charge in [-0.2, -0.15) is 0 Å². The van der Waals surface area contributed by atoms with Crippen molar-refractivity contribution in [1.29, 1.82) is 0 Å². The third-order valence-electron chi connectivity index (χ3n) is 5.76. The quantitative estimate of drug-likeness (QED) is 0.768. The molecule has 1 heterocycles. The Morgan fingerprint density at radius 2 is 1.86 bits per heavy atom. The lowest BCUT2D eigenvalue weighted by Crippen LogP contribution is -2.56. The van der Waals surface area contributed by atoms with E-state index in [1.165, 1.54) is 14.2 Å². The standard InChI is InChI=1S/C21H27NO6/c1-12(2)22-11-21(25)16(27-4)10-15(13-6-8-14(26-3)9-7-13)17(20(24)28-5)18(21)19(22)23/h6-10,12,16-18,25H,11H2,1-5H3. The van der Waals surface area contributed by atoms with E-state index >= 15 is 0 Å². The first-order valence-corrected chi connectivity index (χ1v) is 9.28. The molecule has 7 nitrogen and oxygen atoms in total. The van der Waals surface area contributed by atoms with Crippen LogP contribution in [0.2, 0.25) is 0 Å². The minimum atomic E-state index is -1.51. The largest absolute Gasteiger partial charge is 0.497 e. The van der Waals surface area contributed by atoms with Gasteiger partial charge in [0.15, 0.2) is 0 Å². The van der Waals surface area contributed by atoms with Crippen molar-refractivity contribution < 1.29 is 28.9 Å². The van der Waals surface area contributed by atoms with Gasteiger partial charge in [-0.1, -0.05) is 12.1 Å². The number of benzene rings is 1. The minimum absolute atomic E-state index is 0.104. The van der Waals surface area contributed by atoms with Crippen LogP contribution in [-0.2, 0) is 19.1 Å². The Morgan fingerprint density at radius 3 is 2.36 bits per heavy atom. The Balaban J connectivity index is 2.15. The molecule has 1 amide bonds. The number of esters is 1. The zero-order chi connectivity index (χ0) is 20.6. The van der Waals surface area contributed by atoms with Gasteiger partial charge in [-0.05, 0) is 43.2 Å². The molecular weight excluding hydrogens is 362 g/mol. The monoisotopic (exact) mass is 389 g/mol. The highest BCUT2D eigenvalue weighted by Gasteiger charge is 2.63. The molecule has 7 heteroatoms. The topological polar surface area (TPSA) is 85.3 Å². The molecule has 0 bridgehead atoms. The molecule has 3 rings (SSSR count). The Bertz CT molecular complexity index is 787. The normalized spacial score (nSPS) is 29.5. The number of methoxy groups -OCH3 is 3. The number of ether oxygens (including phenoxy) is 3. The van der Waals surface area contributed by atoms with E-state index in [4.69, 9.17) is 14.2 Å². The average molecular weight is 389 g/mol. The predicted molar refractivity (Wildman–Crippen MR) is 103 cm³/mol. The SMILES string of the molecule is COC(=O)C1C(c2ccc(OC)cc2)=CC(OC)C2(O)CN(C(C)C)C(=O)C12. The minimum Gasteiger partial charge on any atom is -0.497 e. The van der Waals surface area contributed by atoms with Gasteiger partial charge in [0, 0.05) is 13.2 Å². The molecule has 0 saturated carbocycles. The maximum atomic E-state index is 13.2. The van der Waals surface area contributed by atoms with Crippen LogP contribution < -0.4 is 4.74 Å². The van der Waals surface area contributed by atoms with Gasteiger partial charge >= 0.3 is 5.97 Å². The summed E-state index contributed by atoms with van der Waals surface area (Å²) in [6, 6.07) is 7.09. The van der Waals surface area contributed by atoms with Crippen LogP contribution in [0.15, 0.2) is 30.3 Å². The second-order valence-corrected chi connectivity index (χ2v) is 7.54. The Hall–Kier alpha value is -2.38. The number of hydrogen-bond acceptors (Lipinski definition) is 6. The van der Waals surface area contributed by atoms with E-state index in [0.717, 1.165) is 5.56 Å². The fourth-order valence-electron chi connectivity index (χ4n) is 4.29. The van der Waals surface area contributed by atoms with Crippen molar-refractivity contribution in [2.45, 2.75) is 31.6 Å². The zero-order valence-electron chi connectivity index (χ0n) is 16.8. The molecule has 1 fully saturated rings. The molecule has 0 aromatic heterocycles. The summed E-state index contributed by atoms with van der Waals surface area (Å²) < 4.78 is 15.8. The van der Waals surface area contributed by atoms with E-state index in [1.807, 2.05) is 26.0 Å². The van der Waals surface area contributed by atoms with Crippen LogP contribution in [-0.4, -0.2) is 67.5 Å². The summed E-state index contributed by atoms with van der Waals surface area (Å²) in [5.41, 5.74) is -0.156. The summed E-state index contributed by atoms with van der Waals surface area (Å²) in [5.74, 6) is -2.05. The molecule has 4 atom stereocenters. The van der Waals surface area contributed by atoms with E-state index in [9.17, 15) is 14.7 Å². The van der Waals surface area contributed by atoms with Crippen LogP contribution in [0.4, 0.5) is 0 Å². The van der Waals surface area contributed by atoms with Gasteiger partial charge in [0.25, 0.3) is 0 Å². The number of hydrogen-bond donors (Lipinski definition) is 1. The summed E-state index contributed by atoms with van der Waals surface area (Å²) >= 11 is 0. The molecular formula is C21H27NO6. The van der Waals surface area contributed by atoms with Crippen molar-refractivity contribution >= 4 is 17.4 Å². The van der Waals surface area contributed by atoms with Crippen molar-refractivity contribution in [3.05, 3.63) is 35.9 Å². The maximum Gasteiger partial charge on any atom is 0.314 e. The third-order valence-corrected chi connectivity index (χ3v) is 5.76. The van der Waals surface area contributed by atoms with E-state index in [1.54, 1.807) is 30.2 Å². The summed E-state index contributed by atoms with van der Waals surface area (Å²) in [6.45, 7) is 3.86. The van der Waals surface area contributed by atoms with Crippen LogP contribution in [0.25, 0.3) is 5.57 Å². The summed E-state index contributed by atoms with van der Waals surface area (Å²) in [7, 11) is 4.35. The molecule has 1 aliphatic heterocycles. The maximum absolute atomic E-state index is 13.2. The lowest BCUT2D eigenvalue weighted by atomic mass is 9.67. The van der Waals surface area contributed by atoms with Crippen LogP contribution in [0, 0.1) is 11.8 Å². The lowest BCUT2D eigenvalue weighted by molar-refractivity contribution is -0.157. The summed E-state index contributed by atoms with van der Waals surface area (Å²) in [6.07, 6.45) is 1.000. The number of carbonyl (C=O) groups excluding carboxylic acids is 2. The Labute approximate surface area is 164 Å². The van der Waals surface area contributed by atoms with Crippen LogP contribution in [0.5, 0.6) is 5.75 Å². The number of fused-ring (bicyclic) bond motifs is 1.